The molecule has 22 heavy (non-hydrogen) atoms. The number of methoxy groups -OCH3 is 2. The minimum atomic E-state index is -0.0750. The molecule has 2 N–H and O–H groups in total. The maximum Gasteiger partial charge on any atom is 0.166 e. The molecule has 0 saturated heterocycles. The topological polar surface area (TPSA) is 50.7 Å². The highest BCUT2D eigenvalue weighted by atomic mass is 16.5. The van der Waals surface area contributed by atoms with Crippen LogP contribution in [0.25, 0.3) is 0 Å². The molecule has 116 valence electrons. The first-order valence-electron chi connectivity index (χ1n) is 7.43. The van der Waals surface area contributed by atoms with Crippen molar-refractivity contribution in [3.05, 3.63) is 58.7 Å². The number of benzene rings is 2. The molecule has 0 radical (unpaired) electrons. The molecular weight excluding hydrogens is 278 g/mol. The van der Waals surface area contributed by atoms with E-state index < -0.39 is 0 Å². The molecule has 3 rings (SSSR count). The van der Waals surface area contributed by atoms with Gasteiger partial charge in [-0.25, -0.2) is 0 Å². The highest BCUT2D eigenvalue weighted by molar-refractivity contribution is 5.54. The number of aliphatic hydroxyl groups excluding tert-OH is 1. The van der Waals surface area contributed by atoms with E-state index in [-0.39, 0.29) is 12.5 Å². The number of ether oxygens (including phenoxy) is 2. The van der Waals surface area contributed by atoms with Gasteiger partial charge in [0.15, 0.2) is 11.5 Å². The van der Waals surface area contributed by atoms with E-state index in [9.17, 15) is 5.11 Å². The summed E-state index contributed by atoms with van der Waals surface area (Å²) in [5.74, 6) is 1.46. The van der Waals surface area contributed by atoms with Crippen molar-refractivity contribution >= 4 is 0 Å². The van der Waals surface area contributed by atoms with Crippen LogP contribution in [-0.4, -0.2) is 25.9 Å². The van der Waals surface area contributed by atoms with E-state index in [2.05, 4.69) is 29.6 Å². The Labute approximate surface area is 130 Å². The van der Waals surface area contributed by atoms with E-state index in [0.717, 1.165) is 24.2 Å². The molecule has 1 heterocycles. The summed E-state index contributed by atoms with van der Waals surface area (Å²) in [5, 5.41) is 13.3. The molecule has 2 aromatic rings. The van der Waals surface area contributed by atoms with Crippen molar-refractivity contribution in [1.29, 1.82) is 0 Å². The fourth-order valence-corrected chi connectivity index (χ4v) is 3.27. The SMILES string of the molecule is COc1ccc(C2CNCc3ccccc32)c(CO)c1OC. The molecule has 0 fully saturated rings. The number of rotatable bonds is 4. The molecule has 4 heteroatoms. The fraction of sp³-hybridized carbons (Fsp3) is 0.333. The number of nitrogens with one attached hydrogen (secondary N) is 1. The normalized spacial score (nSPS) is 17.0. The lowest BCUT2D eigenvalue weighted by Crippen LogP contribution is -2.29. The summed E-state index contributed by atoms with van der Waals surface area (Å²) < 4.78 is 10.8. The van der Waals surface area contributed by atoms with Crippen LogP contribution in [0.4, 0.5) is 0 Å². The van der Waals surface area contributed by atoms with Gasteiger partial charge < -0.3 is 19.9 Å². The van der Waals surface area contributed by atoms with Gasteiger partial charge in [-0.15, -0.1) is 0 Å². The van der Waals surface area contributed by atoms with Crippen LogP contribution >= 0.6 is 0 Å². The molecule has 2 aromatic carbocycles. The van der Waals surface area contributed by atoms with E-state index in [4.69, 9.17) is 9.47 Å². The molecule has 0 saturated carbocycles. The van der Waals surface area contributed by atoms with Gasteiger partial charge >= 0.3 is 0 Å². The zero-order valence-electron chi connectivity index (χ0n) is 12.9. The maximum atomic E-state index is 9.87. The van der Waals surface area contributed by atoms with Crippen LogP contribution in [0.5, 0.6) is 11.5 Å². The Morgan fingerprint density at radius 2 is 1.91 bits per heavy atom. The van der Waals surface area contributed by atoms with Gasteiger partial charge in [-0.3, -0.25) is 0 Å². The van der Waals surface area contributed by atoms with Gasteiger partial charge in [-0.05, 0) is 22.8 Å². The van der Waals surface area contributed by atoms with E-state index in [0.29, 0.717) is 11.5 Å². The Kier molecular flexibility index (Phi) is 4.32. The Balaban J connectivity index is 2.13. The first-order chi connectivity index (χ1) is 10.8. The zero-order valence-corrected chi connectivity index (χ0v) is 12.9. The predicted molar refractivity (Wildman–Crippen MR) is 85.5 cm³/mol. The van der Waals surface area contributed by atoms with Crippen molar-refractivity contribution in [3.8, 4) is 11.5 Å². The van der Waals surface area contributed by atoms with Gasteiger partial charge in [0.2, 0.25) is 0 Å². The lowest BCUT2D eigenvalue weighted by molar-refractivity contribution is 0.267. The van der Waals surface area contributed by atoms with Gasteiger partial charge in [-0.1, -0.05) is 30.3 Å². The molecule has 1 atom stereocenters. The second-order valence-corrected chi connectivity index (χ2v) is 5.41. The molecule has 0 spiro atoms. The first kappa shape index (κ1) is 14.9. The largest absolute Gasteiger partial charge is 0.493 e. The van der Waals surface area contributed by atoms with Gasteiger partial charge in [0.05, 0.1) is 20.8 Å². The van der Waals surface area contributed by atoms with Gasteiger partial charge in [-0.2, -0.15) is 0 Å². The van der Waals surface area contributed by atoms with E-state index in [1.165, 1.54) is 11.1 Å². The summed E-state index contributed by atoms with van der Waals surface area (Å²) in [4.78, 5) is 0. The number of hydrogen-bond acceptors (Lipinski definition) is 4. The van der Waals surface area contributed by atoms with Crippen LogP contribution in [-0.2, 0) is 13.2 Å². The van der Waals surface area contributed by atoms with Crippen LogP contribution in [0.3, 0.4) is 0 Å². The zero-order chi connectivity index (χ0) is 15.5. The minimum absolute atomic E-state index is 0.0750. The summed E-state index contributed by atoms with van der Waals surface area (Å²) in [6.07, 6.45) is 0. The molecular formula is C18H21NO3. The molecule has 4 nitrogen and oxygen atoms in total. The smallest absolute Gasteiger partial charge is 0.166 e. The standard InChI is InChI=1S/C18H21NO3/c1-21-17-8-7-14(16(11-20)18(17)22-2)15-10-19-9-12-5-3-4-6-13(12)15/h3-8,15,19-20H,9-11H2,1-2H3. The van der Waals surface area contributed by atoms with Crippen molar-refractivity contribution < 1.29 is 14.6 Å². The number of fused-ring (bicyclic) bond motifs is 1. The van der Waals surface area contributed by atoms with E-state index >= 15 is 0 Å². The van der Waals surface area contributed by atoms with E-state index in [1.807, 2.05) is 12.1 Å². The Hall–Kier alpha value is -2.04. The molecule has 0 amide bonds. The molecule has 1 unspecified atom stereocenters. The Bertz CT molecular complexity index is 669. The molecule has 1 aliphatic heterocycles. The monoisotopic (exact) mass is 299 g/mol. The van der Waals surface area contributed by atoms with Crippen LogP contribution < -0.4 is 14.8 Å². The van der Waals surface area contributed by atoms with E-state index in [1.54, 1.807) is 14.2 Å². The van der Waals surface area contributed by atoms with Crippen molar-refractivity contribution in [2.24, 2.45) is 0 Å². The summed E-state index contributed by atoms with van der Waals surface area (Å²) in [6.45, 7) is 1.66. The predicted octanol–water partition coefficient (Wildman–Crippen LogP) is 2.43. The van der Waals surface area contributed by atoms with Crippen LogP contribution in [0.15, 0.2) is 36.4 Å². The average molecular weight is 299 g/mol. The molecule has 0 aromatic heterocycles. The highest BCUT2D eigenvalue weighted by Gasteiger charge is 2.25. The maximum absolute atomic E-state index is 9.87. The Morgan fingerprint density at radius 3 is 2.64 bits per heavy atom. The van der Waals surface area contributed by atoms with Crippen molar-refractivity contribution in [2.75, 3.05) is 20.8 Å². The summed E-state index contributed by atoms with van der Waals surface area (Å²) in [5.41, 5.74) is 4.49. The van der Waals surface area contributed by atoms with Crippen molar-refractivity contribution in [3.63, 3.8) is 0 Å². The average Bonchev–Trinajstić information content (AvgIpc) is 2.59. The summed E-state index contributed by atoms with van der Waals surface area (Å²) in [6, 6.07) is 12.4. The third-order valence-corrected chi connectivity index (χ3v) is 4.31. The highest BCUT2D eigenvalue weighted by Crippen LogP contribution is 2.39. The number of hydrogen-bond donors (Lipinski definition) is 2. The molecule has 0 bridgehead atoms. The molecule has 1 aliphatic rings. The lowest BCUT2D eigenvalue weighted by atomic mass is 9.83. The third kappa shape index (κ3) is 2.45. The second-order valence-electron chi connectivity index (χ2n) is 5.41. The van der Waals surface area contributed by atoms with Crippen molar-refractivity contribution in [2.45, 2.75) is 19.1 Å². The summed E-state index contributed by atoms with van der Waals surface area (Å²) in [7, 11) is 3.21. The van der Waals surface area contributed by atoms with Crippen LogP contribution in [0, 0.1) is 0 Å². The fourth-order valence-electron chi connectivity index (χ4n) is 3.27. The third-order valence-electron chi connectivity index (χ3n) is 4.31. The first-order valence-corrected chi connectivity index (χ1v) is 7.43. The quantitative estimate of drug-likeness (QED) is 0.910. The Morgan fingerprint density at radius 1 is 1.09 bits per heavy atom. The molecule has 0 aliphatic carbocycles. The van der Waals surface area contributed by atoms with Crippen molar-refractivity contribution in [1.82, 2.24) is 5.32 Å². The summed E-state index contributed by atoms with van der Waals surface area (Å²) >= 11 is 0. The number of aliphatic hydroxyl groups is 1. The van der Waals surface area contributed by atoms with Gasteiger partial charge in [0, 0.05) is 24.6 Å². The van der Waals surface area contributed by atoms with Gasteiger partial charge in [0.1, 0.15) is 0 Å². The lowest BCUT2D eigenvalue weighted by Gasteiger charge is -2.29. The van der Waals surface area contributed by atoms with Crippen LogP contribution in [0.1, 0.15) is 28.2 Å². The van der Waals surface area contributed by atoms with Crippen LogP contribution in [0.2, 0.25) is 0 Å². The second kappa shape index (κ2) is 6.38. The minimum Gasteiger partial charge on any atom is -0.493 e. The van der Waals surface area contributed by atoms with Gasteiger partial charge in [0.25, 0.3) is 0 Å².